The van der Waals surface area contributed by atoms with E-state index in [4.69, 9.17) is 15.1 Å². The lowest BCUT2D eigenvalue weighted by atomic mass is 10.1. The summed E-state index contributed by atoms with van der Waals surface area (Å²) >= 11 is 0. The summed E-state index contributed by atoms with van der Waals surface area (Å²) in [5.41, 5.74) is 0.663. The van der Waals surface area contributed by atoms with E-state index in [1.165, 1.54) is 37.5 Å². The van der Waals surface area contributed by atoms with Gasteiger partial charge in [0.05, 0.1) is 12.2 Å². The molecule has 6 nitrogen and oxygen atoms in total. The predicted molar refractivity (Wildman–Crippen MR) is 76.5 cm³/mol. The van der Waals surface area contributed by atoms with Crippen LogP contribution in [0.2, 0.25) is 0 Å². The van der Waals surface area contributed by atoms with Crippen LogP contribution < -0.4 is 5.32 Å². The van der Waals surface area contributed by atoms with Crippen LogP contribution in [0, 0.1) is 11.3 Å². The second-order valence-corrected chi connectivity index (χ2v) is 4.43. The summed E-state index contributed by atoms with van der Waals surface area (Å²) in [6.45, 7) is 2.11. The average Bonchev–Trinajstić information content (AvgIpc) is 2.45. The van der Waals surface area contributed by atoms with Crippen molar-refractivity contribution in [2.75, 3.05) is 13.7 Å². The molecule has 0 radical (unpaired) electrons. The Bertz CT molecular complexity index is 585. The molecule has 0 saturated carbocycles. The fraction of sp³-hybridized carbons (Fsp3) is 0.267. The summed E-state index contributed by atoms with van der Waals surface area (Å²) in [7, 11) is 1.52. The molecule has 0 aliphatic rings. The highest BCUT2D eigenvalue weighted by atomic mass is 16.5. The Morgan fingerprint density at radius 1 is 1.43 bits per heavy atom. The van der Waals surface area contributed by atoms with Gasteiger partial charge in [0.25, 0.3) is 5.91 Å². The number of hydrogen-bond donors (Lipinski definition) is 2. The van der Waals surface area contributed by atoms with Gasteiger partial charge in [0, 0.05) is 13.2 Å². The topological polar surface area (TPSA) is 99.4 Å². The van der Waals surface area contributed by atoms with Crippen LogP contribution in [0.1, 0.15) is 22.8 Å². The summed E-state index contributed by atoms with van der Waals surface area (Å²) in [4.78, 5) is 22.6. The van der Waals surface area contributed by atoms with Gasteiger partial charge < -0.3 is 15.2 Å². The number of rotatable bonds is 6. The maximum absolute atomic E-state index is 11.9. The highest BCUT2D eigenvalue weighted by Gasteiger charge is 2.12. The Morgan fingerprint density at radius 3 is 2.52 bits per heavy atom. The standard InChI is InChI=1S/C15H16N2O4/c1-10(9-21-2)17-14(18)13(8-16)7-11-3-5-12(6-4-11)15(19)20/h3-7,10H,9H2,1-2H3,(H,17,18)(H,19,20)/b13-7-. The first-order valence-corrected chi connectivity index (χ1v) is 6.23. The third-order valence-electron chi connectivity index (χ3n) is 2.63. The van der Waals surface area contributed by atoms with Gasteiger partial charge in [-0.1, -0.05) is 12.1 Å². The fourth-order valence-electron chi connectivity index (χ4n) is 1.63. The Morgan fingerprint density at radius 2 is 2.05 bits per heavy atom. The van der Waals surface area contributed by atoms with Gasteiger partial charge in [0.2, 0.25) is 0 Å². The number of carboxylic acid groups (broad SMARTS) is 1. The van der Waals surface area contributed by atoms with Gasteiger partial charge in [-0.3, -0.25) is 4.79 Å². The molecule has 0 aliphatic heterocycles. The molecule has 1 rings (SSSR count). The molecule has 1 aromatic carbocycles. The summed E-state index contributed by atoms with van der Waals surface area (Å²) in [6.07, 6.45) is 1.40. The van der Waals surface area contributed by atoms with E-state index in [0.29, 0.717) is 12.2 Å². The highest BCUT2D eigenvalue weighted by molar-refractivity contribution is 6.01. The Labute approximate surface area is 122 Å². The zero-order valence-electron chi connectivity index (χ0n) is 11.8. The molecule has 1 amide bonds. The minimum absolute atomic E-state index is 0.0546. The minimum atomic E-state index is -1.03. The summed E-state index contributed by atoms with van der Waals surface area (Å²) in [5, 5.41) is 20.5. The number of amides is 1. The monoisotopic (exact) mass is 288 g/mol. The summed E-state index contributed by atoms with van der Waals surface area (Å²) < 4.78 is 4.90. The Kier molecular flexibility index (Phi) is 6.11. The molecule has 0 aliphatic carbocycles. The second kappa shape index (κ2) is 7.82. The molecule has 0 saturated heterocycles. The van der Waals surface area contributed by atoms with Gasteiger partial charge in [-0.05, 0) is 30.7 Å². The Balaban J connectivity index is 2.86. The van der Waals surface area contributed by atoms with Gasteiger partial charge in [0.15, 0.2) is 0 Å². The van der Waals surface area contributed by atoms with Crippen molar-refractivity contribution < 1.29 is 19.4 Å². The molecule has 2 N–H and O–H groups in total. The molecule has 0 spiro atoms. The number of nitrogens with zero attached hydrogens (tertiary/aromatic N) is 1. The third-order valence-corrected chi connectivity index (χ3v) is 2.63. The number of ether oxygens (including phenoxy) is 1. The number of aromatic carboxylic acids is 1. The van der Waals surface area contributed by atoms with Crippen LogP contribution >= 0.6 is 0 Å². The van der Waals surface area contributed by atoms with E-state index < -0.39 is 11.9 Å². The van der Waals surface area contributed by atoms with E-state index in [0.717, 1.165) is 0 Å². The predicted octanol–water partition coefficient (Wildman–Crippen LogP) is 1.44. The first kappa shape index (κ1) is 16.4. The van der Waals surface area contributed by atoms with E-state index >= 15 is 0 Å². The van der Waals surface area contributed by atoms with E-state index in [1.54, 1.807) is 6.92 Å². The molecule has 0 fully saturated rings. The maximum Gasteiger partial charge on any atom is 0.335 e. The van der Waals surface area contributed by atoms with Gasteiger partial charge in [0.1, 0.15) is 11.6 Å². The second-order valence-electron chi connectivity index (χ2n) is 4.43. The molecular weight excluding hydrogens is 272 g/mol. The molecule has 1 aromatic rings. The van der Waals surface area contributed by atoms with E-state index in [-0.39, 0.29) is 17.2 Å². The quantitative estimate of drug-likeness (QED) is 0.609. The number of benzene rings is 1. The number of nitrogens with one attached hydrogen (secondary N) is 1. The number of methoxy groups -OCH3 is 1. The lowest BCUT2D eigenvalue weighted by molar-refractivity contribution is -0.117. The van der Waals surface area contributed by atoms with Crippen LogP contribution in [0.3, 0.4) is 0 Å². The molecule has 0 aromatic heterocycles. The van der Waals surface area contributed by atoms with Crippen LogP contribution in [0.5, 0.6) is 0 Å². The molecule has 6 heteroatoms. The fourth-order valence-corrected chi connectivity index (χ4v) is 1.63. The average molecular weight is 288 g/mol. The van der Waals surface area contributed by atoms with Crippen molar-refractivity contribution in [1.82, 2.24) is 5.32 Å². The van der Waals surface area contributed by atoms with E-state index in [1.807, 2.05) is 6.07 Å². The van der Waals surface area contributed by atoms with Crippen molar-refractivity contribution in [3.05, 3.63) is 41.0 Å². The van der Waals surface area contributed by atoms with Crippen molar-refractivity contribution in [2.45, 2.75) is 13.0 Å². The Hall–Kier alpha value is -2.65. The minimum Gasteiger partial charge on any atom is -0.478 e. The van der Waals surface area contributed by atoms with Crippen molar-refractivity contribution >= 4 is 18.0 Å². The normalized spacial score (nSPS) is 12.3. The molecule has 110 valence electrons. The van der Waals surface area contributed by atoms with Gasteiger partial charge in [-0.25, -0.2) is 4.79 Å². The molecule has 1 atom stereocenters. The molecule has 21 heavy (non-hydrogen) atoms. The van der Waals surface area contributed by atoms with Crippen molar-refractivity contribution in [2.24, 2.45) is 0 Å². The van der Waals surface area contributed by atoms with Crippen LogP contribution in [-0.2, 0) is 9.53 Å². The maximum atomic E-state index is 11.9. The van der Waals surface area contributed by atoms with Crippen LogP contribution in [0.25, 0.3) is 6.08 Å². The summed E-state index contributed by atoms with van der Waals surface area (Å²) in [5.74, 6) is -1.53. The molecule has 0 heterocycles. The number of carboxylic acids is 1. The summed E-state index contributed by atoms with van der Waals surface area (Å²) in [6, 6.07) is 7.50. The van der Waals surface area contributed by atoms with Crippen LogP contribution in [-0.4, -0.2) is 36.7 Å². The molecular formula is C15H16N2O4. The van der Waals surface area contributed by atoms with Crippen LogP contribution in [0.4, 0.5) is 0 Å². The largest absolute Gasteiger partial charge is 0.478 e. The number of nitriles is 1. The van der Waals surface area contributed by atoms with Gasteiger partial charge in [-0.15, -0.1) is 0 Å². The van der Waals surface area contributed by atoms with E-state index in [9.17, 15) is 9.59 Å². The number of carbonyl (C=O) groups excluding carboxylic acids is 1. The lowest BCUT2D eigenvalue weighted by Gasteiger charge is -2.11. The third kappa shape index (κ3) is 5.09. The van der Waals surface area contributed by atoms with Gasteiger partial charge >= 0.3 is 5.97 Å². The van der Waals surface area contributed by atoms with Crippen LogP contribution in [0.15, 0.2) is 29.8 Å². The first-order chi connectivity index (χ1) is 9.97. The van der Waals surface area contributed by atoms with E-state index in [2.05, 4.69) is 5.32 Å². The zero-order valence-corrected chi connectivity index (χ0v) is 11.8. The molecule has 1 unspecified atom stereocenters. The molecule has 0 bridgehead atoms. The van der Waals surface area contributed by atoms with Gasteiger partial charge in [-0.2, -0.15) is 5.26 Å². The first-order valence-electron chi connectivity index (χ1n) is 6.23. The SMILES string of the molecule is COCC(C)NC(=O)/C(C#N)=C\c1ccc(C(=O)O)cc1. The smallest absolute Gasteiger partial charge is 0.335 e. The van der Waals surface area contributed by atoms with Crippen molar-refractivity contribution in [3.63, 3.8) is 0 Å². The van der Waals surface area contributed by atoms with Crippen molar-refractivity contribution in [3.8, 4) is 6.07 Å². The highest BCUT2D eigenvalue weighted by Crippen LogP contribution is 2.09. The van der Waals surface area contributed by atoms with Crippen molar-refractivity contribution in [1.29, 1.82) is 5.26 Å². The number of carbonyl (C=O) groups is 2. The number of hydrogen-bond acceptors (Lipinski definition) is 4. The lowest BCUT2D eigenvalue weighted by Crippen LogP contribution is -2.36. The zero-order chi connectivity index (χ0) is 15.8.